The van der Waals surface area contributed by atoms with Crippen LogP contribution in [0, 0.1) is 5.82 Å². The number of benzene rings is 2. The summed E-state index contributed by atoms with van der Waals surface area (Å²) in [5, 5.41) is 2.50. The predicted molar refractivity (Wildman–Crippen MR) is 95.2 cm³/mol. The van der Waals surface area contributed by atoms with Crippen molar-refractivity contribution in [3.8, 4) is 0 Å². The van der Waals surface area contributed by atoms with Gasteiger partial charge in [0.1, 0.15) is 11.9 Å². The van der Waals surface area contributed by atoms with Gasteiger partial charge in [0.15, 0.2) is 6.61 Å². The third-order valence-electron chi connectivity index (χ3n) is 3.73. The van der Waals surface area contributed by atoms with E-state index < -0.39 is 36.3 Å². The zero-order valence-corrected chi connectivity index (χ0v) is 14.8. The van der Waals surface area contributed by atoms with Gasteiger partial charge in [-0.1, -0.05) is 42.5 Å². The molecule has 2 aromatic carbocycles. The van der Waals surface area contributed by atoms with Crippen LogP contribution in [0.15, 0.2) is 54.6 Å². The highest BCUT2D eigenvalue weighted by atomic mass is 19.1. The zero-order chi connectivity index (χ0) is 19.6. The monoisotopic (exact) mass is 373 g/mol. The molecule has 0 heterocycles. The standard InChI is InChI=1S/C20H20FNO5/c1-26-20(25)17(11-14-5-3-2-4-6-14)22-18(23)13-27-19(24)12-15-7-9-16(21)10-8-15/h2-10,17H,11-13H2,1H3,(H,22,23)/t17-/m0/s1. The number of esters is 2. The molecule has 0 aliphatic rings. The molecular formula is C20H20FNO5. The Bertz CT molecular complexity index is 777. The van der Waals surface area contributed by atoms with Crippen molar-refractivity contribution >= 4 is 17.8 Å². The Hall–Kier alpha value is -3.22. The summed E-state index contributed by atoms with van der Waals surface area (Å²) in [6.45, 7) is -0.525. The van der Waals surface area contributed by atoms with Crippen LogP contribution < -0.4 is 5.32 Å². The van der Waals surface area contributed by atoms with Crippen molar-refractivity contribution < 1.29 is 28.2 Å². The summed E-state index contributed by atoms with van der Waals surface area (Å²) in [6, 6.07) is 13.6. The van der Waals surface area contributed by atoms with Crippen LogP contribution in [0.25, 0.3) is 0 Å². The Morgan fingerprint density at radius 1 is 1.00 bits per heavy atom. The number of ether oxygens (including phenoxy) is 2. The quantitative estimate of drug-likeness (QED) is 0.714. The first-order chi connectivity index (χ1) is 13.0. The van der Waals surface area contributed by atoms with Crippen molar-refractivity contribution in [3.05, 3.63) is 71.5 Å². The first kappa shape index (κ1) is 20.1. The van der Waals surface area contributed by atoms with Crippen molar-refractivity contribution in [2.24, 2.45) is 0 Å². The normalized spacial score (nSPS) is 11.3. The third kappa shape index (κ3) is 6.89. The van der Waals surface area contributed by atoms with Crippen molar-refractivity contribution in [1.82, 2.24) is 5.32 Å². The summed E-state index contributed by atoms with van der Waals surface area (Å²) in [5.41, 5.74) is 1.42. The second kappa shape index (κ2) is 10.1. The van der Waals surface area contributed by atoms with Crippen LogP contribution in [0.2, 0.25) is 0 Å². The first-order valence-corrected chi connectivity index (χ1v) is 8.29. The number of methoxy groups -OCH3 is 1. The molecule has 0 fully saturated rings. The topological polar surface area (TPSA) is 81.7 Å². The molecule has 2 rings (SSSR count). The highest BCUT2D eigenvalue weighted by molar-refractivity contribution is 5.86. The van der Waals surface area contributed by atoms with Gasteiger partial charge in [-0.2, -0.15) is 0 Å². The predicted octanol–water partition coefficient (Wildman–Crippen LogP) is 1.81. The van der Waals surface area contributed by atoms with E-state index in [-0.39, 0.29) is 12.8 Å². The fraction of sp³-hybridized carbons (Fsp3) is 0.250. The molecule has 1 amide bonds. The van der Waals surface area contributed by atoms with Gasteiger partial charge in [-0.05, 0) is 23.3 Å². The lowest BCUT2D eigenvalue weighted by Gasteiger charge is -2.16. The molecule has 142 valence electrons. The highest BCUT2D eigenvalue weighted by Gasteiger charge is 2.22. The van der Waals surface area contributed by atoms with Gasteiger partial charge >= 0.3 is 11.9 Å². The lowest BCUT2D eigenvalue weighted by molar-refractivity contribution is -0.149. The van der Waals surface area contributed by atoms with E-state index in [9.17, 15) is 18.8 Å². The average Bonchev–Trinajstić information content (AvgIpc) is 2.68. The van der Waals surface area contributed by atoms with Gasteiger partial charge < -0.3 is 14.8 Å². The molecule has 0 saturated heterocycles. The van der Waals surface area contributed by atoms with Crippen LogP contribution in [-0.2, 0) is 36.7 Å². The molecule has 0 radical (unpaired) electrons. The van der Waals surface area contributed by atoms with Crippen LogP contribution in [0.4, 0.5) is 4.39 Å². The fourth-order valence-corrected chi connectivity index (χ4v) is 2.39. The van der Waals surface area contributed by atoms with E-state index in [1.807, 2.05) is 30.3 Å². The zero-order valence-electron chi connectivity index (χ0n) is 14.8. The lowest BCUT2D eigenvalue weighted by atomic mass is 10.1. The van der Waals surface area contributed by atoms with Gasteiger partial charge in [0.05, 0.1) is 13.5 Å². The second-order valence-corrected chi connectivity index (χ2v) is 5.80. The number of hydrogen-bond acceptors (Lipinski definition) is 5. The molecule has 0 aromatic heterocycles. The first-order valence-electron chi connectivity index (χ1n) is 8.29. The summed E-state index contributed by atoms with van der Waals surface area (Å²) in [6.07, 6.45) is 0.167. The molecular weight excluding hydrogens is 353 g/mol. The Morgan fingerprint density at radius 2 is 1.67 bits per heavy atom. The molecule has 6 nitrogen and oxygen atoms in total. The van der Waals surface area contributed by atoms with Crippen LogP contribution in [-0.4, -0.2) is 37.6 Å². The number of carbonyl (C=O) groups excluding carboxylic acids is 3. The SMILES string of the molecule is COC(=O)[C@H](Cc1ccccc1)NC(=O)COC(=O)Cc1ccc(F)cc1. The average molecular weight is 373 g/mol. The fourth-order valence-electron chi connectivity index (χ4n) is 2.39. The molecule has 0 unspecified atom stereocenters. The molecule has 0 saturated carbocycles. The van der Waals surface area contributed by atoms with E-state index in [1.54, 1.807) is 0 Å². The van der Waals surface area contributed by atoms with Crippen LogP contribution >= 0.6 is 0 Å². The van der Waals surface area contributed by atoms with Crippen LogP contribution in [0.1, 0.15) is 11.1 Å². The molecule has 27 heavy (non-hydrogen) atoms. The minimum Gasteiger partial charge on any atom is -0.467 e. The smallest absolute Gasteiger partial charge is 0.328 e. The van der Waals surface area contributed by atoms with Crippen molar-refractivity contribution in [2.45, 2.75) is 18.9 Å². The van der Waals surface area contributed by atoms with E-state index in [0.29, 0.717) is 5.56 Å². The number of carbonyl (C=O) groups is 3. The lowest BCUT2D eigenvalue weighted by Crippen LogP contribution is -2.44. The van der Waals surface area contributed by atoms with Crippen molar-refractivity contribution in [2.75, 3.05) is 13.7 Å². The van der Waals surface area contributed by atoms with E-state index in [1.165, 1.54) is 31.4 Å². The minimum atomic E-state index is -0.888. The maximum Gasteiger partial charge on any atom is 0.328 e. The summed E-state index contributed by atoms with van der Waals surface area (Å²) in [5.74, 6) is -2.24. The van der Waals surface area contributed by atoms with Gasteiger partial charge in [-0.15, -0.1) is 0 Å². The van der Waals surface area contributed by atoms with Crippen molar-refractivity contribution in [1.29, 1.82) is 0 Å². The minimum absolute atomic E-state index is 0.0853. The number of hydrogen-bond donors (Lipinski definition) is 1. The summed E-state index contributed by atoms with van der Waals surface area (Å²) in [7, 11) is 1.23. The molecule has 1 N–H and O–H groups in total. The van der Waals surface area contributed by atoms with Crippen LogP contribution in [0.3, 0.4) is 0 Å². The summed E-state index contributed by atoms with van der Waals surface area (Å²) in [4.78, 5) is 35.7. The number of rotatable bonds is 8. The Morgan fingerprint density at radius 3 is 2.30 bits per heavy atom. The van der Waals surface area contributed by atoms with E-state index in [4.69, 9.17) is 9.47 Å². The highest BCUT2D eigenvalue weighted by Crippen LogP contribution is 2.06. The van der Waals surface area contributed by atoms with Gasteiger partial charge in [-0.3, -0.25) is 9.59 Å². The maximum absolute atomic E-state index is 12.8. The van der Waals surface area contributed by atoms with E-state index in [2.05, 4.69) is 5.32 Å². The maximum atomic E-state index is 12.8. The molecule has 7 heteroatoms. The second-order valence-electron chi connectivity index (χ2n) is 5.80. The number of nitrogens with one attached hydrogen (secondary N) is 1. The van der Waals surface area contributed by atoms with E-state index >= 15 is 0 Å². The molecule has 0 aliphatic heterocycles. The Labute approximate surface area is 156 Å². The largest absolute Gasteiger partial charge is 0.467 e. The molecule has 0 bridgehead atoms. The molecule has 0 aliphatic carbocycles. The molecule has 2 aromatic rings. The Balaban J connectivity index is 1.84. The van der Waals surface area contributed by atoms with Gasteiger partial charge in [0.25, 0.3) is 5.91 Å². The molecule has 1 atom stereocenters. The van der Waals surface area contributed by atoms with Crippen LogP contribution in [0.5, 0.6) is 0 Å². The van der Waals surface area contributed by atoms with Gasteiger partial charge in [0, 0.05) is 6.42 Å². The molecule has 0 spiro atoms. The van der Waals surface area contributed by atoms with Crippen molar-refractivity contribution in [3.63, 3.8) is 0 Å². The van der Waals surface area contributed by atoms with Gasteiger partial charge in [-0.25, -0.2) is 9.18 Å². The number of halogens is 1. The Kier molecular flexibility index (Phi) is 7.49. The van der Waals surface area contributed by atoms with E-state index in [0.717, 1.165) is 5.56 Å². The summed E-state index contributed by atoms with van der Waals surface area (Å²) >= 11 is 0. The number of amides is 1. The third-order valence-corrected chi connectivity index (χ3v) is 3.73. The summed E-state index contributed by atoms with van der Waals surface area (Å²) < 4.78 is 22.5. The van der Waals surface area contributed by atoms with Gasteiger partial charge in [0.2, 0.25) is 0 Å².